The highest BCUT2D eigenvalue weighted by Gasteiger charge is 2.35. The Labute approximate surface area is 147 Å². The van der Waals surface area contributed by atoms with Gasteiger partial charge in [-0.25, -0.2) is 0 Å². The summed E-state index contributed by atoms with van der Waals surface area (Å²) < 4.78 is 0. The minimum absolute atomic E-state index is 0.0727. The number of nitrogens with zero attached hydrogens (tertiary/aromatic N) is 3. The molecule has 3 rings (SSSR count). The molecule has 8 heteroatoms. The van der Waals surface area contributed by atoms with Crippen molar-refractivity contribution in [1.82, 2.24) is 20.0 Å². The van der Waals surface area contributed by atoms with Gasteiger partial charge in [-0.05, 0) is 18.9 Å². The van der Waals surface area contributed by atoms with Gasteiger partial charge < -0.3 is 20.0 Å². The maximum atomic E-state index is 12.5. The van der Waals surface area contributed by atoms with Gasteiger partial charge in [-0.1, -0.05) is 0 Å². The summed E-state index contributed by atoms with van der Waals surface area (Å²) in [6.07, 6.45) is 1.24. The van der Waals surface area contributed by atoms with Crippen LogP contribution in [0.2, 0.25) is 0 Å². The molecule has 1 N–H and O–H groups in total. The molecular formula is C16H26N4O3S. The molecule has 2 unspecified atom stereocenters. The van der Waals surface area contributed by atoms with E-state index in [2.05, 4.69) is 5.32 Å². The Morgan fingerprint density at radius 2 is 1.75 bits per heavy atom. The summed E-state index contributed by atoms with van der Waals surface area (Å²) in [5.41, 5.74) is 0. The SMILES string of the molecule is CC(=O)N1CCN(C(=O)CC2CNC(C(=O)N3CCSC3)C2)CC1. The van der Waals surface area contributed by atoms with E-state index in [1.54, 1.807) is 23.6 Å². The van der Waals surface area contributed by atoms with Crippen LogP contribution in [0.1, 0.15) is 19.8 Å². The van der Waals surface area contributed by atoms with Crippen LogP contribution in [0.15, 0.2) is 0 Å². The molecule has 0 saturated carbocycles. The molecule has 3 aliphatic rings. The summed E-state index contributed by atoms with van der Waals surface area (Å²) in [4.78, 5) is 41.7. The summed E-state index contributed by atoms with van der Waals surface area (Å²) in [6, 6.07) is -0.129. The van der Waals surface area contributed by atoms with Crippen molar-refractivity contribution in [2.45, 2.75) is 25.8 Å². The Morgan fingerprint density at radius 3 is 2.38 bits per heavy atom. The van der Waals surface area contributed by atoms with Gasteiger partial charge in [0.05, 0.1) is 11.9 Å². The molecule has 0 bridgehead atoms. The maximum Gasteiger partial charge on any atom is 0.240 e. The lowest BCUT2D eigenvalue weighted by Gasteiger charge is -2.34. The fourth-order valence-corrected chi connectivity index (χ4v) is 4.56. The number of piperazine rings is 1. The Balaban J connectivity index is 1.43. The lowest BCUT2D eigenvalue weighted by atomic mass is 10.00. The van der Waals surface area contributed by atoms with E-state index in [9.17, 15) is 14.4 Å². The molecule has 0 radical (unpaired) electrons. The summed E-state index contributed by atoms with van der Waals surface area (Å²) >= 11 is 1.79. The van der Waals surface area contributed by atoms with Crippen molar-refractivity contribution in [1.29, 1.82) is 0 Å². The first kappa shape index (κ1) is 17.5. The van der Waals surface area contributed by atoms with Crippen molar-refractivity contribution in [2.75, 3.05) is 50.9 Å². The molecular weight excluding hydrogens is 328 g/mol. The van der Waals surface area contributed by atoms with Gasteiger partial charge in [0, 0.05) is 51.8 Å². The average Bonchev–Trinajstić information content (AvgIpc) is 3.26. The highest BCUT2D eigenvalue weighted by molar-refractivity contribution is 7.99. The minimum Gasteiger partial charge on any atom is -0.339 e. The summed E-state index contributed by atoms with van der Waals surface area (Å²) in [5.74, 6) is 2.45. The Bertz CT molecular complexity index is 502. The van der Waals surface area contributed by atoms with Crippen LogP contribution in [0.25, 0.3) is 0 Å². The number of nitrogens with one attached hydrogen (secondary N) is 1. The second-order valence-corrected chi connectivity index (χ2v) is 7.87. The molecule has 0 spiro atoms. The quantitative estimate of drug-likeness (QED) is 0.745. The van der Waals surface area contributed by atoms with E-state index < -0.39 is 0 Å². The molecule has 3 fully saturated rings. The first-order chi connectivity index (χ1) is 11.5. The van der Waals surface area contributed by atoms with Gasteiger partial charge in [0.2, 0.25) is 17.7 Å². The van der Waals surface area contributed by atoms with Crippen LogP contribution >= 0.6 is 11.8 Å². The van der Waals surface area contributed by atoms with E-state index in [4.69, 9.17) is 0 Å². The van der Waals surface area contributed by atoms with Crippen molar-refractivity contribution in [3.05, 3.63) is 0 Å². The van der Waals surface area contributed by atoms with E-state index in [1.165, 1.54) is 0 Å². The number of carbonyl (C=O) groups excluding carboxylic acids is 3. The van der Waals surface area contributed by atoms with Crippen LogP contribution in [0.3, 0.4) is 0 Å². The van der Waals surface area contributed by atoms with E-state index in [0.29, 0.717) is 32.6 Å². The smallest absolute Gasteiger partial charge is 0.240 e. The fourth-order valence-electron chi connectivity index (χ4n) is 3.61. The number of rotatable bonds is 3. The van der Waals surface area contributed by atoms with Crippen molar-refractivity contribution in [3.8, 4) is 0 Å². The van der Waals surface area contributed by atoms with Crippen LogP contribution < -0.4 is 5.32 Å². The largest absolute Gasteiger partial charge is 0.339 e. The number of hydrogen-bond donors (Lipinski definition) is 1. The number of thioether (sulfide) groups is 1. The Morgan fingerprint density at radius 1 is 1.04 bits per heavy atom. The fraction of sp³-hybridized carbons (Fsp3) is 0.812. The molecule has 0 aromatic rings. The molecule has 0 aliphatic carbocycles. The Hall–Kier alpha value is -1.28. The third-order valence-corrected chi connectivity index (χ3v) is 6.09. The molecule has 134 valence electrons. The van der Waals surface area contributed by atoms with Gasteiger partial charge in [-0.15, -0.1) is 11.8 Å². The molecule has 0 aromatic carbocycles. The number of carbonyl (C=O) groups is 3. The van der Waals surface area contributed by atoms with Gasteiger partial charge in [-0.2, -0.15) is 0 Å². The number of amides is 3. The standard InChI is InChI=1S/C16H26N4O3S/c1-12(21)18-2-4-19(5-3-18)15(22)9-13-8-14(17-10-13)16(23)20-6-7-24-11-20/h13-14,17H,2-11H2,1H3. The zero-order chi connectivity index (χ0) is 17.1. The predicted octanol–water partition coefficient (Wildman–Crippen LogP) is -0.422. The molecule has 3 saturated heterocycles. The minimum atomic E-state index is -0.129. The van der Waals surface area contributed by atoms with Crippen LogP contribution in [0, 0.1) is 5.92 Å². The van der Waals surface area contributed by atoms with Gasteiger partial charge in [0.1, 0.15) is 0 Å². The topological polar surface area (TPSA) is 73.0 Å². The highest BCUT2D eigenvalue weighted by Crippen LogP contribution is 2.23. The lowest BCUT2D eigenvalue weighted by Crippen LogP contribution is -2.50. The highest BCUT2D eigenvalue weighted by atomic mass is 32.2. The molecule has 3 amide bonds. The zero-order valence-electron chi connectivity index (χ0n) is 14.2. The Kier molecular flexibility index (Phi) is 5.65. The first-order valence-electron chi connectivity index (χ1n) is 8.68. The second-order valence-electron chi connectivity index (χ2n) is 6.79. The van der Waals surface area contributed by atoms with Crippen molar-refractivity contribution in [3.63, 3.8) is 0 Å². The summed E-state index contributed by atoms with van der Waals surface area (Å²) in [7, 11) is 0. The van der Waals surface area contributed by atoms with Crippen LogP contribution in [0.4, 0.5) is 0 Å². The van der Waals surface area contributed by atoms with Gasteiger partial charge in [0.15, 0.2) is 0 Å². The van der Waals surface area contributed by atoms with Crippen molar-refractivity contribution >= 4 is 29.5 Å². The molecule has 2 atom stereocenters. The van der Waals surface area contributed by atoms with Gasteiger partial charge in [0.25, 0.3) is 0 Å². The van der Waals surface area contributed by atoms with E-state index in [0.717, 1.165) is 31.1 Å². The van der Waals surface area contributed by atoms with Gasteiger partial charge in [-0.3, -0.25) is 14.4 Å². The molecule has 24 heavy (non-hydrogen) atoms. The molecule has 7 nitrogen and oxygen atoms in total. The number of hydrogen-bond acceptors (Lipinski definition) is 5. The van der Waals surface area contributed by atoms with Crippen LogP contribution in [-0.4, -0.2) is 89.4 Å². The zero-order valence-corrected chi connectivity index (χ0v) is 15.0. The predicted molar refractivity (Wildman–Crippen MR) is 92.4 cm³/mol. The normalized spacial score (nSPS) is 27.6. The lowest BCUT2D eigenvalue weighted by molar-refractivity contribution is -0.139. The molecule has 3 heterocycles. The van der Waals surface area contributed by atoms with Crippen LogP contribution in [-0.2, 0) is 14.4 Å². The van der Waals surface area contributed by atoms with E-state index in [1.807, 2.05) is 9.80 Å². The summed E-state index contributed by atoms with van der Waals surface area (Å²) in [6.45, 7) is 5.62. The average molecular weight is 354 g/mol. The molecule has 3 aliphatic heterocycles. The molecule has 0 aromatic heterocycles. The van der Waals surface area contributed by atoms with Crippen molar-refractivity contribution < 1.29 is 14.4 Å². The maximum absolute atomic E-state index is 12.5. The monoisotopic (exact) mass is 354 g/mol. The first-order valence-corrected chi connectivity index (χ1v) is 9.83. The van der Waals surface area contributed by atoms with E-state index >= 15 is 0 Å². The van der Waals surface area contributed by atoms with Crippen molar-refractivity contribution in [2.24, 2.45) is 5.92 Å². The summed E-state index contributed by atoms with van der Waals surface area (Å²) in [5, 5.41) is 3.29. The third-order valence-electron chi connectivity index (χ3n) is 5.13. The van der Waals surface area contributed by atoms with Crippen LogP contribution in [0.5, 0.6) is 0 Å². The van der Waals surface area contributed by atoms with E-state index in [-0.39, 0.29) is 29.7 Å². The third kappa shape index (κ3) is 4.03. The second kappa shape index (κ2) is 7.74. The van der Waals surface area contributed by atoms with Gasteiger partial charge >= 0.3 is 0 Å².